The van der Waals surface area contributed by atoms with Gasteiger partial charge in [-0.15, -0.1) is 0 Å². The van der Waals surface area contributed by atoms with Crippen molar-refractivity contribution in [1.82, 2.24) is 10.3 Å². The van der Waals surface area contributed by atoms with Crippen LogP contribution in [0.2, 0.25) is 5.02 Å². The molecule has 0 unspecified atom stereocenters. The predicted molar refractivity (Wildman–Crippen MR) is 99.7 cm³/mol. The summed E-state index contributed by atoms with van der Waals surface area (Å²) in [5.74, 6) is -0.0239. The molecule has 0 fully saturated rings. The molecule has 124 valence electrons. The number of amides is 1. The maximum Gasteiger partial charge on any atom is 0.239 e. The molecule has 0 atom stereocenters. The quantitative estimate of drug-likeness (QED) is 0.637. The van der Waals surface area contributed by atoms with E-state index in [1.165, 1.54) is 10.9 Å². The minimum Gasteiger partial charge on any atom is -0.376 e. The smallest absolute Gasteiger partial charge is 0.239 e. The van der Waals surface area contributed by atoms with Gasteiger partial charge in [-0.1, -0.05) is 29.8 Å². The number of H-pyrrole nitrogens is 1. The lowest BCUT2D eigenvalue weighted by Crippen LogP contribution is -2.31. The Morgan fingerprint density at radius 3 is 2.88 bits per heavy atom. The summed E-state index contributed by atoms with van der Waals surface area (Å²) in [5, 5.41) is 7.99. The number of aromatic nitrogens is 1. The summed E-state index contributed by atoms with van der Waals surface area (Å²) < 4.78 is 0. The number of nitrogens with one attached hydrogen (secondary N) is 3. The van der Waals surface area contributed by atoms with E-state index in [0.29, 0.717) is 11.6 Å². The molecule has 24 heavy (non-hydrogen) atoms. The number of benzene rings is 2. The van der Waals surface area contributed by atoms with Crippen LogP contribution in [0.1, 0.15) is 11.1 Å². The first-order chi connectivity index (χ1) is 11.6. The van der Waals surface area contributed by atoms with Crippen molar-refractivity contribution in [1.29, 1.82) is 0 Å². The summed E-state index contributed by atoms with van der Waals surface area (Å²) in [6.45, 7) is 2.82. The van der Waals surface area contributed by atoms with E-state index in [1.54, 1.807) is 0 Å². The molecule has 2 aromatic carbocycles. The number of aryl methyl sites for hydroxylation is 1. The Balaban J connectivity index is 1.47. The van der Waals surface area contributed by atoms with Gasteiger partial charge in [0.25, 0.3) is 0 Å². The van der Waals surface area contributed by atoms with Crippen molar-refractivity contribution in [2.45, 2.75) is 13.3 Å². The fourth-order valence-corrected chi connectivity index (χ4v) is 2.97. The van der Waals surface area contributed by atoms with Gasteiger partial charge in [0.15, 0.2) is 0 Å². The summed E-state index contributed by atoms with van der Waals surface area (Å²) >= 11 is 5.93. The first kappa shape index (κ1) is 16.4. The molecular weight excluding hydrogens is 322 g/mol. The maximum absolute atomic E-state index is 12.0. The van der Waals surface area contributed by atoms with Crippen molar-refractivity contribution in [3.8, 4) is 0 Å². The summed E-state index contributed by atoms with van der Waals surface area (Å²) in [6, 6.07) is 13.7. The van der Waals surface area contributed by atoms with Crippen molar-refractivity contribution in [3.63, 3.8) is 0 Å². The van der Waals surface area contributed by atoms with Gasteiger partial charge in [0.1, 0.15) is 0 Å². The van der Waals surface area contributed by atoms with Gasteiger partial charge in [-0.2, -0.15) is 0 Å². The Hall–Kier alpha value is -2.46. The summed E-state index contributed by atoms with van der Waals surface area (Å²) in [5.41, 5.74) is 4.28. The van der Waals surface area contributed by atoms with Crippen LogP contribution in [0.5, 0.6) is 0 Å². The lowest BCUT2D eigenvalue weighted by atomic mass is 10.1. The third-order valence-corrected chi connectivity index (χ3v) is 4.25. The molecule has 0 aliphatic rings. The number of rotatable bonds is 6. The van der Waals surface area contributed by atoms with Crippen LogP contribution in [0, 0.1) is 6.92 Å². The molecule has 1 aromatic heterocycles. The van der Waals surface area contributed by atoms with Gasteiger partial charge in [-0.05, 0) is 48.7 Å². The van der Waals surface area contributed by atoms with Crippen LogP contribution < -0.4 is 10.6 Å². The summed E-state index contributed by atoms with van der Waals surface area (Å²) in [4.78, 5) is 15.2. The average Bonchev–Trinajstić information content (AvgIpc) is 2.97. The standard InChI is InChI=1S/C19H20ClN3O/c1-13-10-15(20)6-7-17(13)23-12-19(24)21-9-8-14-11-22-18-5-3-2-4-16(14)18/h2-7,10-11,22-23H,8-9,12H2,1H3,(H,21,24). The summed E-state index contributed by atoms with van der Waals surface area (Å²) in [6.07, 6.45) is 2.81. The molecule has 0 saturated carbocycles. The van der Waals surface area contributed by atoms with E-state index in [9.17, 15) is 4.79 Å². The van der Waals surface area contributed by atoms with Crippen molar-refractivity contribution in [2.24, 2.45) is 0 Å². The van der Waals surface area contributed by atoms with Crippen molar-refractivity contribution in [3.05, 3.63) is 64.8 Å². The Labute approximate surface area is 146 Å². The van der Waals surface area contributed by atoms with E-state index in [1.807, 2.05) is 43.5 Å². The van der Waals surface area contributed by atoms with E-state index in [4.69, 9.17) is 11.6 Å². The maximum atomic E-state index is 12.0. The van der Waals surface area contributed by atoms with Crippen molar-refractivity contribution < 1.29 is 4.79 Å². The number of carbonyl (C=O) groups is 1. The van der Waals surface area contributed by atoms with Gasteiger partial charge in [-0.3, -0.25) is 4.79 Å². The zero-order chi connectivity index (χ0) is 16.9. The Kier molecular flexibility index (Phi) is 5.06. The zero-order valence-corrected chi connectivity index (χ0v) is 14.3. The third-order valence-electron chi connectivity index (χ3n) is 4.02. The van der Waals surface area contributed by atoms with Crippen molar-refractivity contribution in [2.75, 3.05) is 18.4 Å². The number of para-hydroxylation sites is 1. The molecule has 3 N–H and O–H groups in total. The monoisotopic (exact) mass is 341 g/mol. The molecule has 1 amide bonds. The number of hydrogen-bond donors (Lipinski definition) is 3. The second-order valence-corrected chi connectivity index (χ2v) is 6.21. The van der Waals surface area contributed by atoms with Crippen LogP contribution in [0.4, 0.5) is 5.69 Å². The molecule has 0 aliphatic heterocycles. The van der Waals surface area contributed by atoms with Crippen LogP contribution in [-0.4, -0.2) is 24.0 Å². The minimum absolute atomic E-state index is 0.0239. The first-order valence-electron chi connectivity index (χ1n) is 7.95. The summed E-state index contributed by atoms with van der Waals surface area (Å²) in [7, 11) is 0. The highest BCUT2D eigenvalue weighted by molar-refractivity contribution is 6.30. The number of fused-ring (bicyclic) bond motifs is 1. The Morgan fingerprint density at radius 2 is 2.04 bits per heavy atom. The second-order valence-electron chi connectivity index (χ2n) is 5.77. The van der Waals surface area contributed by atoms with Gasteiger partial charge in [0, 0.05) is 34.4 Å². The van der Waals surface area contributed by atoms with Gasteiger partial charge in [0.05, 0.1) is 6.54 Å². The van der Waals surface area contributed by atoms with E-state index in [0.717, 1.165) is 23.2 Å². The fraction of sp³-hybridized carbons (Fsp3) is 0.211. The predicted octanol–water partition coefficient (Wildman–Crippen LogP) is 3.90. The van der Waals surface area contributed by atoms with Crippen LogP contribution in [-0.2, 0) is 11.2 Å². The van der Waals surface area contributed by atoms with Crippen LogP contribution in [0.25, 0.3) is 10.9 Å². The molecule has 5 heteroatoms. The van der Waals surface area contributed by atoms with E-state index in [-0.39, 0.29) is 12.5 Å². The first-order valence-corrected chi connectivity index (χ1v) is 8.33. The van der Waals surface area contributed by atoms with Gasteiger partial charge < -0.3 is 15.6 Å². The molecule has 1 heterocycles. The lowest BCUT2D eigenvalue weighted by molar-refractivity contribution is -0.119. The fourth-order valence-electron chi connectivity index (χ4n) is 2.74. The number of carbonyl (C=O) groups excluding carboxylic acids is 1. The van der Waals surface area contributed by atoms with Crippen LogP contribution >= 0.6 is 11.6 Å². The molecule has 3 aromatic rings. The zero-order valence-electron chi connectivity index (χ0n) is 13.5. The molecule has 0 spiro atoms. The highest BCUT2D eigenvalue weighted by Crippen LogP contribution is 2.19. The van der Waals surface area contributed by atoms with Crippen molar-refractivity contribution >= 4 is 34.1 Å². The van der Waals surface area contributed by atoms with E-state index in [2.05, 4.69) is 27.8 Å². The third kappa shape index (κ3) is 3.89. The number of anilines is 1. The van der Waals surface area contributed by atoms with E-state index < -0.39 is 0 Å². The molecule has 3 rings (SSSR count). The lowest BCUT2D eigenvalue weighted by Gasteiger charge is -2.10. The van der Waals surface area contributed by atoms with Crippen LogP contribution in [0.3, 0.4) is 0 Å². The number of aromatic amines is 1. The number of halogens is 1. The van der Waals surface area contributed by atoms with Gasteiger partial charge >= 0.3 is 0 Å². The SMILES string of the molecule is Cc1cc(Cl)ccc1NCC(=O)NCCc1c[nH]c2ccccc12. The number of hydrogen-bond acceptors (Lipinski definition) is 2. The van der Waals surface area contributed by atoms with Gasteiger partial charge in [0.2, 0.25) is 5.91 Å². The second kappa shape index (κ2) is 7.41. The van der Waals surface area contributed by atoms with Gasteiger partial charge in [-0.25, -0.2) is 0 Å². The highest BCUT2D eigenvalue weighted by atomic mass is 35.5. The largest absolute Gasteiger partial charge is 0.376 e. The normalized spacial score (nSPS) is 10.8. The highest BCUT2D eigenvalue weighted by Gasteiger charge is 2.05. The average molecular weight is 342 g/mol. The molecular formula is C19H20ClN3O. The molecule has 0 aliphatic carbocycles. The topological polar surface area (TPSA) is 56.9 Å². The Bertz CT molecular complexity index is 857. The molecule has 0 saturated heterocycles. The molecule has 0 radical (unpaired) electrons. The molecule has 0 bridgehead atoms. The molecule has 4 nitrogen and oxygen atoms in total. The van der Waals surface area contributed by atoms with E-state index >= 15 is 0 Å². The minimum atomic E-state index is -0.0239. The van der Waals surface area contributed by atoms with Crippen LogP contribution in [0.15, 0.2) is 48.7 Å². The Morgan fingerprint density at radius 1 is 1.21 bits per heavy atom.